The molecule has 0 saturated heterocycles. The van der Waals surface area contributed by atoms with Crippen LogP contribution in [0.4, 0.5) is 5.69 Å². The normalized spacial score (nSPS) is 9.91. The molecule has 0 aliphatic carbocycles. The van der Waals surface area contributed by atoms with Gasteiger partial charge < -0.3 is 14.2 Å². The van der Waals surface area contributed by atoms with Crippen molar-refractivity contribution in [2.45, 2.75) is 0 Å². The Kier molecular flexibility index (Phi) is 8.76. The van der Waals surface area contributed by atoms with E-state index in [4.69, 9.17) is 19.7 Å². The average Bonchev–Trinajstić information content (AvgIpc) is 2.56. The zero-order valence-corrected chi connectivity index (χ0v) is 12.3. The SMILES string of the molecule is [N-]=[N+]=NCCOCCOCCOC(=O)c1ccc([N+](=O)[O-])cc1. The van der Waals surface area contributed by atoms with Crippen molar-refractivity contribution in [1.29, 1.82) is 0 Å². The summed E-state index contributed by atoms with van der Waals surface area (Å²) in [6.07, 6.45) is 0. The highest BCUT2D eigenvalue weighted by Crippen LogP contribution is 2.12. The third-order valence-electron chi connectivity index (χ3n) is 2.55. The van der Waals surface area contributed by atoms with Crippen LogP contribution in [0.2, 0.25) is 0 Å². The van der Waals surface area contributed by atoms with E-state index in [1.54, 1.807) is 0 Å². The van der Waals surface area contributed by atoms with Crippen LogP contribution in [0.1, 0.15) is 10.4 Å². The quantitative estimate of drug-likeness (QED) is 0.116. The van der Waals surface area contributed by atoms with Crippen LogP contribution in [-0.4, -0.2) is 50.5 Å². The third-order valence-corrected chi connectivity index (χ3v) is 2.55. The number of carbonyl (C=O) groups is 1. The Balaban J connectivity index is 2.10. The Bertz CT molecular complexity index is 556. The molecule has 0 unspecified atom stereocenters. The van der Waals surface area contributed by atoms with Gasteiger partial charge in [-0.3, -0.25) is 10.1 Å². The van der Waals surface area contributed by atoms with E-state index in [-0.39, 0.29) is 31.0 Å². The molecule has 0 radical (unpaired) electrons. The van der Waals surface area contributed by atoms with Crippen molar-refractivity contribution in [1.82, 2.24) is 0 Å². The maximum atomic E-state index is 11.6. The fourth-order valence-corrected chi connectivity index (χ4v) is 1.47. The van der Waals surface area contributed by atoms with Crippen LogP contribution >= 0.6 is 0 Å². The minimum Gasteiger partial charge on any atom is -0.460 e. The summed E-state index contributed by atoms with van der Waals surface area (Å²) in [4.78, 5) is 24.2. The summed E-state index contributed by atoms with van der Waals surface area (Å²) in [5, 5.41) is 13.8. The molecule has 1 aromatic carbocycles. The first-order chi connectivity index (χ1) is 11.1. The number of carbonyl (C=O) groups excluding carboxylic acids is 1. The van der Waals surface area contributed by atoms with E-state index in [1.807, 2.05) is 0 Å². The van der Waals surface area contributed by atoms with Gasteiger partial charge in [-0.1, -0.05) is 5.11 Å². The highest BCUT2D eigenvalue weighted by atomic mass is 16.6. The topological polar surface area (TPSA) is 137 Å². The first kappa shape index (κ1) is 18.4. The van der Waals surface area contributed by atoms with Crippen LogP contribution < -0.4 is 0 Å². The van der Waals surface area contributed by atoms with Gasteiger partial charge in [-0.25, -0.2) is 4.79 Å². The number of benzene rings is 1. The number of hydrogen-bond acceptors (Lipinski definition) is 7. The van der Waals surface area contributed by atoms with Gasteiger partial charge >= 0.3 is 5.97 Å². The molecule has 0 N–H and O–H groups in total. The lowest BCUT2D eigenvalue weighted by molar-refractivity contribution is -0.384. The Morgan fingerprint density at radius 3 is 2.35 bits per heavy atom. The number of non-ortho nitro benzene ring substituents is 1. The van der Waals surface area contributed by atoms with E-state index in [9.17, 15) is 14.9 Å². The highest BCUT2D eigenvalue weighted by Gasteiger charge is 2.10. The lowest BCUT2D eigenvalue weighted by atomic mass is 10.2. The maximum absolute atomic E-state index is 11.6. The summed E-state index contributed by atoms with van der Waals surface area (Å²) in [6.45, 7) is 1.53. The van der Waals surface area contributed by atoms with Gasteiger partial charge in [0.2, 0.25) is 0 Å². The van der Waals surface area contributed by atoms with E-state index < -0.39 is 10.9 Å². The van der Waals surface area contributed by atoms with Crippen molar-refractivity contribution in [3.63, 3.8) is 0 Å². The minimum atomic E-state index is -0.575. The molecule has 0 amide bonds. The van der Waals surface area contributed by atoms with Gasteiger partial charge in [0.05, 0.1) is 36.9 Å². The van der Waals surface area contributed by atoms with Gasteiger partial charge in [0.25, 0.3) is 5.69 Å². The first-order valence-corrected chi connectivity index (χ1v) is 6.73. The fraction of sp³-hybridized carbons (Fsp3) is 0.462. The number of nitrogens with zero attached hydrogens (tertiary/aromatic N) is 4. The summed E-state index contributed by atoms with van der Waals surface area (Å²) >= 11 is 0. The van der Waals surface area contributed by atoms with Crippen molar-refractivity contribution in [2.75, 3.05) is 39.6 Å². The molecular formula is C13H16N4O6. The largest absolute Gasteiger partial charge is 0.460 e. The molecule has 0 atom stereocenters. The molecule has 0 aliphatic rings. The molecule has 0 aliphatic heterocycles. The number of esters is 1. The molecule has 23 heavy (non-hydrogen) atoms. The molecule has 0 aromatic heterocycles. The lowest BCUT2D eigenvalue weighted by Crippen LogP contribution is -2.13. The second kappa shape index (κ2) is 11.0. The summed E-state index contributed by atoms with van der Waals surface area (Å²) in [7, 11) is 0. The molecule has 10 nitrogen and oxygen atoms in total. The number of hydrogen-bond donors (Lipinski definition) is 0. The Morgan fingerprint density at radius 1 is 1.13 bits per heavy atom. The monoisotopic (exact) mass is 324 g/mol. The van der Waals surface area contributed by atoms with Crippen molar-refractivity contribution in [3.05, 3.63) is 50.4 Å². The molecule has 0 bridgehead atoms. The second-order valence-corrected chi connectivity index (χ2v) is 4.12. The lowest BCUT2D eigenvalue weighted by Gasteiger charge is -2.06. The van der Waals surface area contributed by atoms with Gasteiger partial charge in [-0.05, 0) is 17.7 Å². The highest BCUT2D eigenvalue weighted by molar-refractivity contribution is 5.89. The molecule has 10 heteroatoms. The molecule has 0 spiro atoms. The van der Waals surface area contributed by atoms with Gasteiger partial charge in [0, 0.05) is 23.6 Å². The van der Waals surface area contributed by atoms with Crippen LogP contribution in [0.25, 0.3) is 10.4 Å². The smallest absolute Gasteiger partial charge is 0.338 e. The summed E-state index contributed by atoms with van der Waals surface area (Å²) in [5.74, 6) is -0.575. The van der Waals surface area contributed by atoms with Crippen molar-refractivity contribution in [3.8, 4) is 0 Å². The predicted molar refractivity (Wildman–Crippen MR) is 79.0 cm³/mol. The predicted octanol–water partition coefficient (Wildman–Crippen LogP) is 2.10. The summed E-state index contributed by atoms with van der Waals surface area (Å²) < 4.78 is 15.3. The fourth-order valence-electron chi connectivity index (χ4n) is 1.47. The Morgan fingerprint density at radius 2 is 1.74 bits per heavy atom. The molecule has 0 fully saturated rings. The Labute approximate surface area is 131 Å². The summed E-state index contributed by atoms with van der Waals surface area (Å²) in [5.41, 5.74) is 8.18. The van der Waals surface area contributed by atoms with Gasteiger partial charge in [-0.2, -0.15) is 0 Å². The molecule has 124 valence electrons. The maximum Gasteiger partial charge on any atom is 0.338 e. The van der Waals surface area contributed by atoms with Crippen LogP contribution in [-0.2, 0) is 14.2 Å². The van der Waals surface area contributed by atoms with Crippen LogP contribution in [0.3, 0.4) is 0 Å². The Hall–Kier alpha value is -2.68. The van der Waals surface area contributed by atoms with E-state index in [0.717, 1.165) is 0 Å². The van der Waals surface area contributed by atoms with Crippen molar-refractivity contribution >= 4 is 11.7 Å². The molecule has 1 rings (SSSR count). The van der Waals surface area contributed by atoms with Crippen LogP contribution in [0, 0.1) is 10.1 Å². The number of rotatable bonds is 11. The number of nitro groups is 1. The van der Waals surface area contributed by atoms with Gasteiger partial charge in [0.1, 0.15) is 6.61 Å². The number of nitro benzene ring substituents is 1. The minimum absolute atomic E-state index is 0.0640. The number of ether oxygens (including phenoxy) is 3. The zero-order valence-electron chi connectivity index (χ0n) is 12.3. The molecular weight excluding hydrogens is 308 g/mol. The number of azide groups is 1. The van der Waals surface area contributed by atoms with Gasteiger partial charge in [-0.15, -0.1) is 0 Å². The van der Waals surface area contributed by atoms with E-state index in [2.05, 4.69) is 10.0 Å². The standard InChI is InChI=1S/C13H16N4O6/c14-16-15-5-6-21-7-8-22-9-10-23-13(18)11-1-3-12(4-2-11)17(19)20/h1-4H,5-10H2. The van der Waals surface area contributed by atoms with Crippen LogP contribution in [0.15, 0.2) is 29.4 Å². The first-order valence-electron chi connectivity index (χ1n) is 6.73. The van der Waals surface area contributed by atoms with E-state index >= 15 is 0 Å². The average molecular weight is 324 g/mol. The van der Waals surface area contributed by atoms with Crippen LogP contribution in [0.5, 0.6) is 0 Å². The molecule has 0 saturated carbocycles. The third kappa shape index (κ3) is 7.77. The zero-order chi connectivity index (χ0) is 16.9. The molecule has 1 aromatic rings. The molecule has 0 heterocycles. The van der Waals surface area contributed by atoms with E-state index in [0.29, 0.717) is 19.8 Å². The van der Waals surface area contributed by atoms with Crippen molar-refractivity contribution < 1.29 is 23.9 Å². The second-order valence-electron chi connectivity index (χ2n) is 4.12. The van der Waals surface area contributed by atoms with E-state index in [1.165, 1.54) is 24.3 Å². The van der Waals surface area contributed by atoms with Gasteiger partial charge in [0.15, 0.2) is 0 Å². The summed E-state index contributed by atoms with van der Waals surface area (Å²) in [6, 6.07) is 5.14. The van der Waals surface area contributed by atoms with Crippen molar-refractivity contribution in [2.24, 2.45) is 5.11 Å².